The minimum Gasteiger partial charge on any atom is -0.439 e. The highest BCUT2D eigenvalue weighted by Gasteiger charge is 2.29. The van der Waals surface area contributed by atoms with Gasteiger partial charge in [0, 0.05) is 6.54 Å². The number of carbonyl (C=O) groups is 1. The van der Waals surface area contributed by atoms with Crippen LogP contribution >= 0.6 is 0 Å². The van der Waals surface area contributed by atoms with Gasteiger partial charge in [0.25, 0.3) is 26.1 Å². The topological polar surface area (TPSA) is 154 Å². The second-order valence-electron chi connectivity index (χ2n) is 7.69. The number of fused-ring (bicyclic) bond motifs is 1. The van der Waals surface area contributed by atoms with Crippen molar-refractivity contribution in [1.82, 2.24) is 0 Å². The number of hydrazone groups is 1. The number of benzene rings is 2. The van der Waals surface area contributed by atoms with Gasteiger partial charge in [0.05, 0.1) is 32.5 Å². The number of allylic oxidation sites excluding steroid dienone is 4. The van der Waals surface area contributed by atoms with Crippen molar-refractivity contribution in [3.05, 3.63) is 78.2 Å². The molecule has 13 heteroatoms. The van der Waals surface area contributed by atoms with E-state index in [9.17, 15) is 26.2 Å². The lowest BCUT2D eigenvalue weighted by molar-refractivity contribution is -0.114. The normalized spacial score (nSPS) is 18.3. The molecule has 2 N–H and O–H groups in total. The quantitative estimate of drug-likeness (QED) is 0.423. The monoisotopic (exact) mass is 531 g/mol. The fourth-order valence-corrected chi connectivity index (χ4v) is 4.61. The van der Waals surface area contributed by atoms with Crippen molar-refractivity contribution in [2.75, 3.05) is 16.5 Å². The summed E-state index contributed by atoms with van der Waals surface area (Å²) < 4.78 is 69.5. The van der Waals surface area contributed by atoms with Gasteiger partial charge in [-0.1, -0.05) is 12.2 Å². The smallest absolute Gasteiger partial charge is 0.294 e. The summed E-state index contributed by atoms with van der Waals surface area (Å²) in [6.07, 6.45) is 6.48. The first kappa shape index (κ1) is 25.3. The fraction of sp³-hybridized carbons (Fsp3) is 0.130. The van der Waals surface area contributed by atoms with Crippen molar-refractivity contribution in [1.29, 1.82) is 0 Å². The minimum atomic E-state index is -4.36. The van der Waals surface area contributed by atoms with Crippen LogP contribution in [0.3, 0.4) is 0 Å². The third-order valence-corrected chi connectivity index (χ3v) is 7.09. The Bertz CT molecular complexity index is 1570. The summed E-state index contributed by atoms with van der Waals surface area (Å²) in [5, 5.41) is 5.35. The van der Waals surface area contributed by atoms with E-state index in [1.165, 1.54) is 42.5 Å². The Morgan fingerprint density at radius 3 is 2.17 bits per heavy atom. The summed E-state index contributed by atoms with van der Waals surface area (Å²) in [7, 11) is -8.71. The molecule has 0 aromatic heterocycles. The van der Waals surface area contributed by atoms with Gasteiger partial charge in [0.1, 0.15) is 0 Å². The molecule has 11 nitrogen and oxygen atoms in total. The third-order valence-electron chi connectivity index (χ3n) is 5.37. The molecular formula is C23H21N3O8S2. The zero-order valence-corrected chi connectivity index (χ0v) is 20.7. The van der Waals surface area contributed by atoms with Crippen molar-refractivity contribution in [3.8, 4) is 5.75 Å². The molecule has 0 bridgehead atoms. The highest BCUT2D eigenvalue weighted by molar-refractivity contribution is 7.86. The number of rotatable bonds is 6. The van der Waals surface area contributed by atoms with E-state index in [2.05, 4.69) is 5.10 Å². The van der Waals surface area contributed by atoms with Crippen LogP contribution in [0.1, 0.15) is 13.8 Å². The first-order chi connectivity index (χ1) is 16.9. The van der Waals surface area contributed by atoms with E-state index in [1.54, 1.807) is 36.1 Å². The first-order valence-corrected chi connectivity index (χ1v) is 13.4. The molecule has 36 heavy (non-hydrogen) atoms. The number of ether oxygens (including phenoxy) is 1. The van der Waals surface area contributed by atoms with Crippen LogP contribution in [0.25, 0.3) is 0 Å². The number of hydrogen-bond donors (Lipinski definition) is 2. The Morgan fingerprint density at radius 2 is 1.56 bits per heavy atom. The molecule has 4 rings (SSSR count). The van der Waals surface area contributed by atoms with Crippen molar-refractivity contribution >= 4 is 43.2 Å². The molecule has 188 valence electrons. The fourth-order valence-electron chi connectivity index (χ4n) is 3.63. The lowest BCUT2D eigenvalue weighted by Gasteiger charge is -2.15. The number of carbonyl (C=O) groups excluding carboxylic acids is 1. The van der Waals surface area contributed by atoms with Crippen LogP contribution < -0.4 is 14.6 Å². The van der Waals surface area contributed by atoms with Crippen molar-refractivity contribution < 1.29 is 35.5 Å². The van der Waals surface area contributed by atoms with Crippen LogP contribution in [0.4, 0.5) is 11.4 Å². The molecule has 2 aliphatic rings. The maximum Gasteiger partial charge on any atom is 0.294 e. The summed E-state index contributed by atoms with van der Waals surface area (Å²) in [5.74, 6) is 0.451. The van der Waals surface area contributed by atoms with Crippen LogP contribution in [0.15, 0.2) is 93.1 Å². The SMILES string of the molecule is CCN1/C(=C/C=C/C=C2/C(=O)N(c3ccc(S(=O)(=O)O)cc3)N=C2C)Oc2ccc(S(=O)(=O)O)cc21. The molecule has 0 saturated heterocycles. The van der Waals surface area contributed by atoms with E-state index < -0.39 is 26.1 Å². The molecule has 0 aliphatic carbocycles. The van der Waals surface area contributed by atoms with Crippen LogP contribution in [0.2, 0.25) is 0 Å². The van der Waals surface area contributed by atoms with Crippen LogP contribution in [0, 0.1) is 0 Å². The van der Waals surface area contributed by atoms with E-state index in [4.69, 9.17) is 9.29 Å². The van der Waals surface area contributed by atoms with Crippen molar-refractivity contribution in [2.24, 2.45) is 5.10 Å². The summed E-state index contributed by atoms with van der Waals surface area (Å²) >= 11 is 0. The predicted octanol–water partition coefficient (Wildman–Crippen LogP) is 3.15. The maximum atomic E-state index is 12.8. The molecular weight excluding hydrogens is 510 g/mol. The summed E-state index contributed by atoms with van der Waals surface area (Å²) in [6, 6.07) is 9.12. The predicted molar refractivity (Wildman–Crippen MR) is 132 cm³/mol. The Hall–Kier alpha value is -3.78. The number of anilines is 2. The van der Waals surface area contributed by atoms with Gasteiger partial charge in [-0.15, -0.1) is 0 Å². The van der Waals surface area contributed by atoms with Crippen LogP contribution in [0.5, 0.6) is 5.75 Å². The average Bonchev–Trinajstić information content (AvgIpc) is 3.31. The van der Waals surface area contributed by atoms with Crippen LogP contribution in [-0.4, -0.2) is 44.1 Å². The van der Waals surface area contributed by atoms with Gasteiger partial charge in [0.2, 0.25) is 5.88 Å². The zero-order chi connectivity index (χ0) is 26.3. The van der Waals surface area contributed by atoms with Gasteiger partial charge < -0.3 is 9.64 Å². The molecule has 0 radical (unpaired) electrons. The van der Waals surface area contributed by atoms with Gasteiger partial charge in [-0.2, -0.15) is 26.9 Å². The Balaban J connectivity index is 1.51. The zero-order valence-electron chi connectivity index (χ0n) is 19.1. The van der Waals surface area contributed by atoms with E-state index in [0.29, 0.717) is 40.8 Å². The van der Waals surface area contributed by atoms with E-state index in [0.717, 1.165) is 5.01 Å². The third kappa shape index (κ3) is 4.95. The number of hydrogen-bond acceptors (Lipinski definition) is 8. The van der Waals surface area contributed by atoms with E-state index >= 15 is 0 Å². The molecule has 2 heterocycles. The van der Waals surface area contributed by atoms with E-state index in [-0.39, 0.29) is 9.79 Å². The van der Waals surface area contributed by atoms with Crippen molar-refractivity contribution in [3.63, 3.8) is 0 Å². The van der Waals surface area contributed by atoms with E-state index in [1.807, 2.05) is 6.92 Å². The van der Waals surface area contributed by atoms with Crippen molar-refractivity contribution in [2.45, 2.75) is 23.6 Å². The lowest BCUT2D eigenvalue weighted by atomic mass is 10.1. The molecule has 0 spiro atoms. The Labute approximate surface area is 207 Å². The Kier molecular flexibility index (Phi) is 6.58. The standard InChI is InChI=1S/C23H21N3O8S2/c1-3-25-20-14-18(36(31,32)33)12-13-21(20)34-22(25)7-5-4-6-19-15(2)24-26(23(19)27)16-8-10-17(11-9-16)35(28,29)30/h4-14H,3H2,1-2H3,(H,28,29,30)(H,31,32,33)/b5-4+,19-6+,22-7-. The highest BCUT2D eigenvalue weighted by Crippen LogP contribution is 2.40. The minimum absolute atomic E-state index is 0.239. The molecule has 0 unspecified atom stereocenters. The molecule has 2 aromatic carbocycles. The molecule has 0 saturated carbocycles. The molecule has 1 amide bonds. The van der Waals surface area contributed by atoms with Gasteiger partial charge in [-0.25, -0.2) is 0 Å². The first-order valence-electron chi connectivity index (χ1n) is 10.5. The summed E-state index contributed by atoms with van der Waals surface area (Å²) in [6.45, 7) is 3.98. The lowest BCUT2D eigenvalue weighted by Crippen LogP contribution is -2.21. The number of amides is 1. The molecule has 2 aliphatic heterocycles. The average molecular weight is 532 g/mol. The van der Waals surface area contributed by atoms with Crippen LogP contribution in [-0.2, 0) is 25.0 Å². The number of nitrogens with zero attached hydrogens (tertiary/aromatic N) is 3. The second-order valence-corrected chi connectivity index (χ2v) is 10.5. The molecule has 2 aromatic rings. The summed E-state index contributed by atoms with van der Waals surface area (Å²) in [4.78, 5) is 14.0. The molecule has 0 atom stereocenters. The highest BCUT2D eigenvalue weighted by atomic mass is 32.2. The largest absolute Gasteiger partial charge is 0.439 e. The van der Waals surface area contributed by atoms with Gasteiger partial charge >= 0.3 is 0 Å². The summed E-state index contributed by atoms with van der Waals surface area (Å²) in [5.41, 5.74) is 1.61. The van der Waals surface area contributed by atoms with Gasteiger partial charge in [-0.3, -0.25) is 13.9 Å². The molecule has 0 fully saturated rings. The van der Waals surface area contributed by atoms with Gasteiger partial charge in [-0.05, 0) is 68.5 Å². The Morgan fingerprint density at radius 1 is 0.944 bits per heavy atom. The van der Waals surface area contributed by atoms with Gasteiger partial charge in [0.15, 0.2) is 5.75 Å². The second kappa shape index (κ2) is 9.35. The maximum absolute atomic E-state index is 12.8.